The number of nitrogens with zero attached hydrogens (tertiary/aromatic N) is 3. The Hall–Kier alpha value is -1.88. The highest BCUT2D eigenvalue weighted by Gasteiger charge is 2.28. The molecule has 0 fully saturated rings. The molecule has 0 bridgehead atoms. The topological polar surface area (TPSA) is 68.2 Å². The molecule has 1 aromatic carbocycles. The molecule has 2 heterocycles. The van der Waals surface area contributed by atoms with Crippen molar-refractivity contribution in [1.29, 1.82) is 0 Å². The third-order valence-corrected chi connectivity index (χ3v) is 3.41. The number of rotatable bonds is 4. The van der Waals surface area contributed by atoms with E-state index in [0.717, 1.165) is 25.3 Å². The molecular formula is C13H16N4O. The first-order valence-corrected chi connectivity index (χ1v) is 6.17. The van der Waals surface area contributed by atoms with E-state index in [0.29, 0.717) is 12.5 Å². The first-order chi connectivity index (χ1) is 8.88. The normalized spacial score (nSPS) is 18.1. The van der Waals surface area contributed by atoms with Crippen LogP contribution >= 0.6 is 0 Å². The van der Waals surface area contributed by atoms with E-state index in [1.54, 1.807) is 0 Å². The quantitative estimate of drug-likeness (QED) is 0.883. The van der Waals surface area contributed by atoms with Gasteiger partial charge in [-0.05, 0) is 24.6 Å². The zero-order valence-electron chi connectivity index (χ0n) is 10.1. The van der Waals surface area contributed by atoms with Gasteiger partial charge in [0.05, 0.1) is 6.54 Å². The van der Waals surface area contributed by atoms with Gasteiger partial charge in [0.15, 0.2) is 5.82 Å². The van der Waals surface area contributed by atoms with Crippen LogP contribution in [0.2, 0.25) is 0 Å². The van der Waals surface area contributed by atoms with Crippen LogP contribution in [0.15, 0.2) is 35.2 Å². The molecule has 1 unspecified atom stereocenters. The number of hydrogen-bond acceptors (Lipinski definition) is 5. The summed E-state index contributed by atoms with van der Waals surface area (Å²) in [5.41, 5.74) is 8.33. The van der Waals surface area contributed by atoms with Crippen LogP contribution in [-0.2, 0) is 6.54 Å². The second-order valence-electron chi connectivity index (χ2n) is 4.56. The predicted molar refractivity (Wildman–Crippen MR) is 68.2 cm³/mol. The third kappa shape index (κ3) is 1.97. The van der Waals surface area contributed by atoms with E-state index in [2.05, 4.69) is 39.3 Å². The van der Waals surface area contributed by atoms with E-state index in [1.165, 1.54) is 17.6 Å². The summed E-state index contributed by atoms with van der Waals surface area (Å²) >= 11 is 0. The van der Waals surface area contributed by atoms with E-state index >= 15 is 0 Å². The summed E-state index contributed by atoms with van der Waals surface area (Å²) in [5.74, 6) is 1.23. The number of para-hydroxylation sites is 1. The standard InChI is InChI=1S/C13H16N4O/c14-6-5-10-7-17(8-13-15-9-18-16-13)12-4-2-1-3-11(10)12/h1-4,9-10H,5-8,14H2. The number of benzene rings is 1. The van der Waals surface area contributed by atoms with Crippen molar-refractivity contribution in [3.8, 4) is 0 Å². The van der Waals surface area contributed by atoms with Crippen LogP contribution in [0, 0.1) is 0 Å². The van der Waals surface area contributed by atoms with Gasteiger partial charge in [-0.3, -0.25) is 0 Å². The van der Waals surface area contributed by atoms with Crippen LogP contribution in [0.3, 0.4) is 0 Å². The summed E-state index contributed by atoms with van der Waals surface area (Å²) in [6.45, 7) is 2.38. The minimum Gasteiger partial charge on any atom is -0.363 e. The summed E-state index contributed by atoms with van der Waals surface area (Å²) in [6.07, 6.45) is 2.38. The molecule has 18 heavy (non-hydrogen) atoms. The lowest BCUT2D eigenvalue weighted by Crippen LogP contribution is -2.22. The molecule has 0 spiro atoms. The Kier molecular flexibility index (Phi) is 2.98. The number of fused-ring (bicyclic) bond motifs is 1. The molecule has 2 aromatic rings. The van der Waals surface area contributed by atoms with Crippen LogP contribution in [0.4, 0.5) is 5.69 Å². The Morgan fingerprint density at radius 2 is 2.28 bits per heavy atom. The fourth-order valence-corrected chi connectivity index (χ4v) is 2.61. The Bertz CT molecular complexity index is 511. The minimum atomic E-state index is 0.512. The van der Waals surface area contributed by atoms with E-state index in [-0.39, 0.29) is 0 Å². The van der Waals surface area contributed by atoms with Crippen molar-refractivity contribution in [2.75, 3.05) is 18.0 Å². The lowest BCUT2D eigenvalue weighted by atomic mass is 9.98. The van der Waals surface area contributed by atoms with Gasteiger partial charge in [-0.15, -0.1) is 0 Å². The monoisotopic (exact) mass is 244 g/mol. The molecule has 0 saturated carbocycles. The van der Waals surface area contributed by atoms with Gasteiger partial charge in [-0.25, -0.2) is 0 Å². The van der Waals surface area contributed by atoms with Gasteiger partial charge in [0.2, 0.25) is 6.39 Å². The van der Waals surface area contributed by atoms with Gasteiger partial charge in [0, 0.05) is 18.2 Å². The third-order valence-electron chi connectivity index (χ3n) is 3.41. The highest BCUT2D eigenvalue weighted by molar-refractivity contribution is 5.60. The van der Waals surface area contributed by atoms with Crippen LogP contribution < -0.4 is 10.6 Å². The van der Waals surface area contributed by atoms with Crippen molar-refractivity contribution in [1.82, 2.24) is 10.1 Å². The Balaban J connectivity index is 1.85. The summed E-state index contributed by atoms with van der Waals surface area (Å²) in [7, 11) is 0. The van der Waals surface area contributed by atoms with Gasteiger partial charge in [-0.1, -0.05) is 23.4 Å². The first-order valence-electron chi connectivity index (χ1n) is 6.17. The van der Waals surface area contributed by atoms with Crippen molar-refractivity contribution >= 4 is 5.69 Å². The molecule has 3 rings (SSSR count). The molecule has 0 saturated heterocycles. The minimum absolute atomic E-state index is 0.512. The predicted octanol–water partition coefficient (Wildman–Crippen LogP) is 1.52. The summed E-state index contributed by atoms with van der Waals surface area (Å²) in [6, 6.07) is 8.48. The molecule has 1 aliphatic heterocycles. The molecule has 0 amide bonds. The SMILES string of the molecule is NCCC1CN(Cc2ncon2)c2ccccc21. The van der Waals surface area contributed by atoms with E-state index in [1.807, 2.05) is 0 Å². The van der Waals surface area contributed by atoms with E-state index in [4.69, 9.17) is 10.3 Å². The highest BCUT2D eigenvalue weighted by atomic mass is 16.5. The van der Waals surface area contributed by atoms with Crippen molar-refractivity contribution in [2.24, 2.45) is 5.73 Å². The number of nitrogens with two attached hydrogens (primary N) is 1. The second kappa shape index (κ2) is 4.78. The fourth-order valence-electron chi connectivity index (χ4n) is 2.61. The van der Waals surface area contributed by atoms with Crippen LogP contribution in [0.25, 0.3) is 0 Å². The Morgan fingerprint density at radius 1 is 1.39 bits per heavy atom. The number of anilines is 1. The van der Waals surface area contributed by atoms with Gasteiger partial charge < -0.3 is 15.2 Å². The average molecular weight is 244 g/mol. The maximum absolute atomic E-state index is 5.69. The number of hydrogen-bond donors (Lipinski definition) is 1. The highest BCUT2D eigenvalue weighted by Crippen LogP contribution is 2.38. The summed E-state index contributed by atoms with van der Waals surface area (Å²) < 4.78 is 4.78. The van der Waals surface area contributed by atoms with Crippen molar-refractivity contribution in [2.45, 2.75) is 18.9 Å². The molecule has 5 heteroatoms. The van der Waals surface area contributed by atoms with E-state index < -0.39 is 0 Å². The molecular weight excluding hydrogens is 228 g/mol. The molecule has 2 N–H and O–H groups in total. The molecule has 1 atom stereocenters. The van der Waals surface area contributed by atoms with Crippen LogP contribution in [0.1, 0.15) is 23.7 Å². The lowest BCUT2D eigenvalue weighted by Gasteiger charge is -2.17. The molecule has 0 radical (unpaired) electrons. The van der Waals surface area contributed by atoms with Gasteiger partial charge in [-0.2, -0.15) is 4.98 Å². The van der Waals surface area contributed by atoms with Gasteiger partial charge in [0.25, 0.3) is 0 Å². The fraction of sp³-hybridized carbons (Fsp3) is 0.385. The zero-order chi connectivity index (χ0) is 12.4. The van der Waals surface area contributed by atoms with Gasteiger partial charge in [0.1, 0.15) is 0 Å². The van der Waals surface area contributed by atoms with Gasteiger partial charge >= 0.3 is 0 Å². The van der Waals surface area contributed by atoms with Crippen LogP contribution in [-0.4, -0.2) is 23.2 Å². The van der Waals surface area contributed by atoms with Crippen LogP contribution in [0.5, 0.6) is 0 Å². The maximum atomic E-state index is 5.69. The van der Waals surface area contributed by atoms with Crippen molar-refractivity contribution in [3.63, 3.8) is 0 Å². The molecule has 1 aromatic heterocycles. The number of aromatic nitrogens is 2. The molecule has 0 aliphatic carbocycles. The smallest absolute Gasteiger partial charge is 0.213 e. The summed E-state index contributed by atoms with van der Waals surface area (Å²) in [4.78, 5) is 6.37. The maximum Gasteiger partial charge on any atom is 0.213 e. The lowest BCUT2D eigenvalue weighted by molar-refractivity contribution is 0.409. The molecule has 1 aliphatic rings. The van der Waals surface area contributed by atoms with E-state index in [9.17, 15) is 0 Å². The zero-order valence-corrected chi connectivity index (χ0v) is 10.1. The largest absolute Gasteiger partial charge is 0.363 e. The second-order valence-corrected chi connectivity index (χ2v) is 4.56. The van der Waals surface area contributed by atoms with Crippen molar-refractivity contribution in [3.05, 3.63) is 42.0 Å². The molecule has 94 valence electrons. The summed E-state index contributed by atoms with van der Waals surface area (Å²) in [5, 5.41) is 3.87. The Morgan fingerprint density at radius 3 is 3.06 bits per heavy atom. The molecule has 5 nitrogen and oxygen atoms in total. The van der Waals surface area contributed by atoms with Crippen molar-refractivity contribution < 1.29 is 4.52 Å². The first kappa shape index (κ1) is 11.2. The Labute approximate surface area is 106 Å². The average Bonchev–Trinajstić information content (AvgIpc) is 3.00.